The van der Waals surface area contributed by atoms with Crippen molar-refractivity contribution < 1.29 is 18.7 Å². The molecule has 0 saturated heterocycles. The molecule has 0 spiro atoms. The molecule has 2 fully saturated rings. The molecule has 2 aromatic rings. The van der Waals surface area contributed by atoms with Gasteiger partial charge in [-0.2, -0.15) is 0 Å². The second-order valence-electron chi connectivity index (χ2n) is 7.93. The maximum Gasteiger partial charge on any atom is 0.316 e. The fourth-order valence-corrected chi connectivity index (χ4v) is 5.75. The Morgan fingerprint density at radius 2 is 2.14 bits per heavy atom. The van der Waals surface area contributed by atoms with E-state index in [-0.39, 0.29) is 30.1 Å². The zero-order valence-electron chi connectivity index (χ0n) is 16.7. The Kier molecular flexibility index (Phi) is 6.08. The van der Waals surface area contributed by atoms with Crippen molar-refractivity contribution in [3.63, 3.8) is 0 Å². The number of halogens is 1. The van der Waals surface area contributed by atoms with Crippen LogP contribution in [0.5, 0.6) is 5.75 Å². The number of esters is 1. The minimum Gasteiger partial charge on any atom is -0.483 e. The van der Waals surface area contributed by atoms with Gasteiger partial charge < -0.3 is 9.47 Å². The van der Waals surface area contributed by atoms with Crippen molar-refractivity contribution in [3.8, 4) is 5.75 Å². The Bertz CT molecular complexity index is 875. The van der Waals surface area contributed by atoms with E-state index in [1.165, 1.54) is 50.6 Å². The number of rotatable bonds is 8. The first kappa shape index (κ1) is 20.2. The molecule has 0 aliphatic heterocycles. The van der Waals surface area contributed by atoms with Gasteiger partial charge in [0.15, 0.2) is 22.5 Å². The maximum absolute atomic E-state index is 13.9. The number of hydrogen-bond acceptors (Lipinski definition) is 6. The molecule has 2 saturated carbocycles. The summed E-state index contributed by atoms with van der Waals surface area (Å²) in [5, 5.41) is 9.30. The molecule has 29 heavy (non-hydrogen) atoms. The molecular weight excluding hydrogens is 393 g/mol. The topological polar surface area (TPSA) is 66.2 Å². The third-order valence-electron chi connectivity index (χ3n) is 6.30. The summed E-state index contributed by atoms with van der Waals surface area (Å²) in [4.78, 5) is 11.6. The summed E-state index contributed by atoms with van der Waals surface area (Å²) in [5.74, 6) is 2.43. The van der Waals surface area contributed by atoms with E-state index in [1.807, 2.05) is 0 Å². The van der Waals surface area contributed by atoms with Gasteiger partial charge in [0.25, 0.3) is 0 Å². The highest BCUT2D eigenvalue weighted by Crippen LogP contribution is 2.52. The Morgan fingerprint density at radius 1 is 1.31 bits per heavy atom. The Hall–Kier alpha value is -2.09. The standard InChI is InChI=1S/C21H26FN3O3S/c1-13(16-10-14-7-8-15(16)9-14)25-19(11-28-18-6-4-3-5-17(18)22)23-24-21(25)29-12-20(26)27-2/h3-6,13-16H,7-12H2,1-2H3. The molecule has 0 amide bonds. The number of aromatic nitrogens is 3. The summed E-state index contributed by atoms with van der Waals surface area (Å²) in [5.41, 5.74) is 0. The molecule has 2 aliphatic rings. The van der Waals surface area contributed by atoms with Crippen LogP contribution in [0.1, 0.15) is 44.5 Å². The third-order valence-corrected chi connectivity index (χ3v) is 7.21. The van der Waals surface area contributed by atoms with Crippen LogP contribution in [0.15, 0.2) is 29.4 Å². The number of carbonyl (C=O) groups is 1. The number of carbonyl (C=O) groups excluding carboxylic acids is 1. The van der Waals surface area contributed by atoms with E-state index >= 15 is 0 Å². The van der Waals surface area contributed by atoms with Gasteiger partial charge in [0, 0.05) is 6.04 Å². The first-order valence-corrected chi connectivity index (χ1v) is 11.1. The summed E-state index contributed by atoms with van der Waals surface area (Å²) in [7, 11) is 1.37. The fourth-order valence-electron chi connectivity index (χ4n) is 4.88. The van der Waals surface area contributed by atoms with Crippen molar-refractivity contribution in [1.82, 2.24) is 14.8 Å². The molecule has 0 radical (unpaired) electrons. The van der Waals surface area contributed by atoms with Gasteiger partial charge >= 0.3 is 5.97 Å². The number of ether oxygens (including phenoxy) is 2. The van der Waals surface area contributed by atoms with Gasteiger partial charge in [0.05, 0.1) is 12.9 Å². The lowest BCUT2D eigenvalue weighted by molar-refractivity contribution is -0.137. The lowest BCUT2D eigenvalue weighted by Crippen LogP contribution is -2.24. The lowest BCUT2D eigenvalue weighted by atomic mass is 9.84. The molecule has 1 aromatic carbocycles. The Labute approximate surface area is 174 Å². The van der Waals surface area contributed by atoms with Crippen LogP contribution in [0.3, 0.4) is 0 Å². The van der Waals surface area contributed by atoms with Gasteiger partial charge in [-0.25, -0.2) is 4.39 Å². The summed E-state index contributed by atoms with van der Waals surface area (Å²) < 4.78 is 26.5. The second kappa shape index (κ2) is 8.73. The molecular formula is C21H26FN3O3S. The summed E-state index contributed by atoms with van der Waals surface area (Å²) in [6.45, 7) is 2.32. The smallest absolute Gasteiger partial charge is 0.316 e. The Morgan fingerprint density at radius 3 is 2.83 bits per heavy atom. The van der Waals surface area contributed by atoms with Crippen LogP contribution < -0.4 is 4.74 Å². The van der Waals surface area contributed by atoms with Crippen LogP contribution in [-0.4, -0.2) is 33.6 Å². The molecule has 2 aliphatic carbocycles. The van der Waals surface area contributed by atoms with Crippen molar-refractivity contribution in [3.05, 3.63) is 35.9 Å². The first-order valence-electron chi connectivity index (χ1n) is 10.1. The largest absolute Gasteiger partial charge is 0.483 e. The van der Waals surface area contributed by atoms with Crippen LogP contribution in [0.4, 0.5) is 4.39 Å². The van der Waals surface area contributed by atoms with Crippen LogP contribution in [0, 0.1) is 23.6 Å². The molecule has 156 valence electrons. The van der Waals surface area contributed by atoms with E-state index in [0.717, 1.165) is 11.8 Å². The normalized spacial score (nSPS) is 23.9. The van der Waals surface area contributed by atoms with Gasteiger partial charge in [-0.3, -0.25) is 9.36 Å². The number of thioether (sulfide) groups is 1. The maximum atomic E-state index is 13.9. The molecule has 4 atom stereocenters. The highest BCUT2D eigenvalue weighted by Gasteiger charge is 2.43. The summed E-state index contributed by atoms with van der Waals surface area (Å²) >= 11 is 1.32. The van der Waals surface area contributed by atoms with Crippen LogP contribution >= 0.6 is 11.8 Å². The van der Waals surface area contributed by atoms with E-state index in [2.05, 4.69) is 21.7 Å². The predicted octanol–water partition coefficient (Wildman–Crippen LogP) is 4.26. The van der Waals surface area contributed by atoms with Crippen molar-refractivity contribution in [1.29, 1.82) is 0 Å². The molecule has 1 aromatic heterocycles. The quantitative estimate of drug-likeness (QED) is 0.471. The first-order chi connectivity index (χ1) is 14.1. The zero-order chi connectivity index (χ0) is 20.4. The Balaban J connectivity index is 1.56. The van der Waals surface area contributed by atoms with Crippen LogP contribution in [-0.2, 0) is 16.1 Å². The molecule has 1 heterocycles. The van der Waals surface area contributed by atoms with E-state index in [1.54, 1.807) is 18.2 Å². The predicted molar refractivity (Wildman–Crippen MR) is 107 cm³/mol. The third kappa shape index (κ3) is 4.27. The molecule has 0 N–H and O–H groups in total. The van der Waals surface area contributed by atoms with Crippen molar-refractivity contribution >= 4 is 17.7 Å². The van der Waals surface area contributed by atoms with Crippen molar-refractivity contribution in [2.45, 2.75) is 50.4 Å². The van der Waals surface area contributed by atoms with Gasteiger partial charge in [0.1, 0.15) is 6.61 Å². The van der Waals surface area contributed by atoms with Gasteiger partial charge in [-0.1, -0.05) is 30.3 Å². The van der Waals surface area contributed by atoms with Gasteiger partial charge in [-0.15, -0.1) is 10.2 Å². The number of benzene rings is 1. The average molecular weight is 420 g/mol. The van der Waals surface area contributed by atoms with E-state index < -0.39 is 5.82 Å². The van der Waals surface area contributed by atoms with Crippen molar-refractivity contribution in [2.24, 2.45) is 17.8 Å². The number of fused-ring (bicyclic) bond motifs is 2. The summed E-state index contributed by atoms with van der Waals surface area (Å²) in [6.07, 6.45) is 5.15. The van der Waals surface area contributed by atoms with Crippen LogP contribution in [0.2, 0.25) is 0 Å². The molecule has 4 unspecified atom stereocenters. The van der Waals surface area contributed by atoms with Crippen LogP contribution in [0.25, 0.3) is 0 Å². The molecule has 8 heteroatoms. The van der Waals surface area contributed by atoms with Gasteiger partial charge in [-0.05, 0) is 56.1 Å². The van der Waals surface area contributed by atoms with Crippen molar-refractivity contribution in [2.75, 3.05) is 12.9 Å². The minimum atomic E-state index is -0.403. The lowest BCUT2D eigenvalue weighted by Gasteiger charge is -2.30. The molecule has 6 nitrogen and oxygen atoms in total. The monoisotopic (exact) mass is 419 g/mol. The zero-order valence-corrected chi connectivity index (χ0v) is 17.5. The highest BCUT2D eigenvalue weighted by atomic mass is 32.2. The number of methoxy groups -OCH3 is 1. The number of para-hydroxylation sites is 1. The molecule has 2 bridgehead atoms. The highest BCUT2D eigenvalue weighted by molar-refractivity contribution is 7.99. The van der Waals surface area contributed by atoms with E-state index in [9.17, 15) is 9.18 Å². The SMILES string of the molecule is COC(=O)CSc1nnc(COc2ccccc2F)n1C(C)C1CC2CCC1C2. The van der Waals surface area contributed by atoms with Gasteiger partial charge in [0.2, 0.25) is 0 Å². The van der Waals surface area contributed by atoms with E-state index in [0.29, 0.717) is 16.9 Å². The fraction of sp³-hybridized carbons (Fsp3) is 0.571. The number of nitrogens with zero attached hydrogens (tertiary/aromatic N) is 3. The average Bonchev–Trinajstić information content (AvgIpc) is 3.46. The summed E-state index contributed by atoms with van der Waals surface area (Å²) in [6, 6.07) is 6.53. The minimum absolute atomic E-state index is 0.123. The number of hydrogen-bond donors (Lipinski definition) is 0. The molecule has 4 rings (SSSR count). The van der Waals surface area contributed by atoms with E-state index in [4.69, 9.17) is 9.47 Å². The second-order valence-corrected chi connectivity index (χ2v) is 8.87.